The van der Waals surface area contributed by atoms with Gasteiger partial charge in [-0.2, -0.15) is 5.10 Å². The van der Waals surface area contributed by atoms with Gasteiger partial charge in [0.1, 0.15) is 23.7 Å². The Morgan fingerprint density at radius 2 is 1.87 bits per heavy atom. The van der Waals surface area contributed by atoms with Crippen LogP contribution in [0.4, 0.5) is 10.2 Å². The summed E-state index contributed by atoms with van der Waals surface area (Å²) >= 11 is 0. The molecule has 3 aromatic rings. The number of morpholine rings is 1. The first-order valence-corrected chi connectivity index (χ1v) is 9.87. The Balaban J connectivity index is 1.39. The quantitative estimate of drug-likeness (QED) is 0.632. The maximum absolute atomic E-state index is 13.1. The summed E-state index contributed by atoms with van der Waals surface area (Å²) in [6.45, 7) is 3.01. The molecule has 1 saturated heterocycles. The SMILES string of the molecule is O=C(NCCn1nc(-c2ccc(F)cc2)ccc1=O)c1cc(N2CCOCC2)ncn1. The number of ether oxygens (including phenoxy) is 1. The zero-order chi connectivity index (χ0) is 21.6. The van der Waals surface area contributed by atoms with Crippen molar-refractivity contribution in [1.82, 2.24) is 25.1 Å². The van der Waals surface area contributed by atoms with Crippen molar-refractivity contribution < 1.29 is 13.9 Å². The molecule has 0 unspecified atom stereocenters. The number of hydrogen-bond donors (Lipinski definition) is 1. The number of aromatic nitrogens is 4. The summed E-state index contributed by atoms with van der Waals surface area (Å²) in [6.07, 6.45) is 1.36. The predicted molar refractivity (Wildman–Crippen MR) is 111 cm³/mol. The van der Waals surface area contributed by atoms with Crippen molar-refractivity contribution in [3.05, 3.63) is 70.7 Å². The van der Waals surface area contributed by atoms with Crippen molar-refractivity contribution in [2.45, 2.75) is 6.54 Å². The van der Waals surface area contributed by atoms with Crippen LogP contribution in [0.2, 0.25) is 0 Å². The molecule has 10 heteroatoms. The second kappa shape index (κ2) is 9.43. The molecule has 0 spiro atoms. The van der Waals surface area contributed by atoms with Crippen molar-refractivity contribution in [1.29, 1.82) is 0 Å². The van der Waals surface area contributed by atoms with Crippen molar-refractivity contribution >= 4 is 11.7 Å². The molecule has 2 aromatic heterocycles. The van der Waals surface area contributed by atoms with Gasteiger partial charge in [-0.15, -0.1) is 0 Å². The van der Waals surface area contributed by atoms with Gasteiger partial charge in [0, 0.05) is 37.3 Å². The number of amides is 1. The number of benzene rings is 1. The molecule has 1 aliphatic heterocycles. The van der Waals surface area contributed by atoms with E-state index >= 15 is 0 Å². The number of carbonyl (C=O) groups is 1. The number of carbonyl (C=O) groups excluding carboxylic acids is 1. The lowest BCUT2D eigenvalue weighted by atomic mass is 10.1. The molecule has 31 heavy (non-hydrogen) atoms. The molecular weight excluding hydrogens is 403 g/mol. The molecule has 3 heterocycles. The first-order valence-electron chi connectivity index (χ1n) is 9.87. The topological polar surface area (TPSA) is 102 Å². The van der Waals surface area contributed by atoms with Crippen molar-refractivity contribution in [2.24, 2.45) is 0 Å². The maximum atomic E-state index is 13.1. The van der Waals surface area contributed by atoms with Gasteiger partial charge in [0.25, 0.3) is 11.5 Å². The lowest BCUT2D eigenvalue weighted by molar-refractivity contribution is 0.0946. The lowest BCUT2D eigenvalue weighted by Crippen LogP contribution is -2.37. The Labute approximate surface area is 177 Å². The minimum atomic E-state index is -0.361. The van der Waals surface area contributed by atoms with Crippen molar-refractivity contribution in [2.75, 3.05) is 37.7 Å². The van der Waals surface area contributed by atoms with Crippen molar-refractivity contribution in [3.8, 4) is 11.3 Å². The van der Waals surface area contributed by atoms with Gasteiger partial charge in [-0.1, -0.05) is 0 Å². The molecule has 4 rings (SSSR count). The average Bonchev–Trinajstić information content (AvgIpc) is 2.81. The van der Waals surface area contributed by atoms with Gasteiger partial charge < -0.3 is 15.0 Å². The number of halogens is 1. The molecule has 0 aliphatic carbocycles. The smallest absolute Gasteiger partial charge is 0.270 e. The number of nitrogens with one attached hydrogen (secondary N) is 1. The van der Waals surface area contributed by atoms with Crippen LogP contribution in [0.25, 0.3) is 11.3 Å². The first-order chi connectivity index (χ1) is 15.1. The molecule has 0 radical (unpaired) electrons. The van der Waals surface area contributed by atoms with Crippen LogP contribution in [-0.2, 0) is 11.3 Å². The second-order valence-electron chi connectivity index (χ2n) is 6.90. The summed E-state index contributed by atoms with van der Waals surface area (Å²) in [5.41, 5.74) is 1.18. The Kier molecular flexibility index (Phi) is 6.27. The van der Waals surface area contributed by atoms with Gasteiger partial charge in [0.05, 0.1) is 25.5 Å². The summed E-state index contributed by atoms with van der Waals surface area (Å²) in [7, 11) is 0. The highest BCUT2D eigenvalue weighted by atomic mass is 19.1. The molecule has 1 amide bonds. The third kappa shape index (κ3) is 5.10. The van der Waals surface area contributed by atoms with Gasteiger partial charge in [0.15, 0.2) is 0 Å². The second-order valence-corrected chi connectivity index (χ2v) is 6.90. The maximum Gasteiger partial charge on any atom is 0.270 e. The fourth-order valence-electron chi connectivity index (χ4n) is 3.19. The largest absolute Gasteiger partial charge is 0.378 e. The minimum Gasteiger partial charge on any atom is -0.378 e. The van der Waals surface area contributed by atoms with Crippen LogP contribution in [0.1, 0.15) is 10.5 Å². The fraction of sp³-hybridized carbons (Fsp3) is 0.286. The molecule has 160 valence electrons. The van der Waals surface area contributed by atoms with Crippen LogP contribution in [0.15, 0.2) is 53.6 Å². The molecule has 1 N–H and O–H groups in total. The van der Waals surface area contributed by atoms with E-state index in [0.29, 0.717) is 43.4 Å². The summed E-state index contributed by atoms with van der Waals surface area (Å²) < 4.78 is 19.7. The van der Waals surface area contributed by atoms with Gasteiger partial charge in [-0.3, -0.25) is 9.59 Å². The normalized spacial score (nSPS) is 13.8. The molecule has 1 aromatic carbocycles. The molecule has 0 saturated carbocycles. The van der Waals surface area contributed by atoms with E-state index in [1.165, 1.54) is 29.2 Å². The first kappa shape index (κ1) is 20.6. The van der Waals surface area contributed by atoms with Crippen LogP contribution in [0, 0.1) is 5.82 Å². The number of hydrogen-bond acceptors (Lipinski definition) is 7. The van der Waals surface area contributed by atoms with Gasteiger partial charge in [0.2, 0.25) is 0 Å². The number of anilines is 1. The van der Waals surface area contributed by atoms with Gasteiger partial charge in [-0.05, 0) is 30.3 Å². The molecule has 1 fully saturated rings. The van der Waals surface area contributed by atoms with Crippen LogP contribution < -0.4 is 15.8 Å². The lowest BCUT2D eigenvalue weighted by Gasteiger charge is -2.27. The minimum absolute atomic E-state index is 0.182. The molecule has 9 nitrogen and oxygen atoms in total. The zero-order valence-corrected chi connectivity index (χ0v) is 16.7. The van der Waals surface area contributed by atoms with Crippen LogP contribution in [0.5, 0.6) is 0 Å². The van der Waals surface area contributed by atoms with E-state index in [-0.39, 0.29) is 36.1 Å². The molecule has 0 atom stereocenters. The van der Waals surface area contributed by atoms with E-state index in [2.05, 4.69) is 20.4 Å². The standard InChI is InChI=1S/C21H21FN6O3/c22-16-3-1-15(2-4-16)17-5-6-20(29)28(26-17)8-7-23-21(30)18-13-19(25-14-24-18)27-9-11-31-12-10-27/h1-6,13-14H,7-12H2,(H,23,30). The van der Waals surface area contributed by atoms with E-state index < -0.39 is 0 Å². The zero-order valence-electron chi connectivity index (χ0n) is 16.7. The van der Waals surface area contributed by atoms with E-state index in [4.69, 9.17) is 4.74 Å². The predicted octanol–water partition coefficient (Wildman–Crippen LogP) is 1.11. The molecule has 1 aliphatic rings. The van der Waals surface area contributed by atoms with E-state index in [9.17, 15) is 14.0 Å². The molecular formula is C21H21FN6O3. The van der Waals surface area contributed by atoms with E-state index in [0.717, 1.165) is 0 Å². The summed E-state index contributed by atoms with van der Waals surface area (Å²) in [5, 5.41) is 7.05. The van der Waals surface area contributed by atoms with Crippen LogP contribution >= 0.6 is 0 Å². The van der Waals surface area contributed by atoms with Crippen LogP contribution in [-0.4, -0.2) is 58.5 Å². The Bertz CT molecular complexity index is 1110. The van der Waals surface area contributed by atoms with E-state index in [1.54, 1.807) is 24.3 Å². The average molecular weight is 424 g/mol. The van der Waals surface area contributed by atoms with Gasteiger partial charge in [-0.25, -0.2) is 19.0 Å². The Morgan fingerprint density at radius 1 is 1.10 bits per heavy atom. The molecule has 0 bridgehead atoms. The van der Waals surface area contributed by atoms with Crippen LogP contribution in [0.3, 0.4) is 0 Å². The Hall–Kier alpha value is -3.66. The highest BCUT2D eigenvalue weighted by Crippen LogP contribution is 2.15. The number of nitrogens with zero attached hydrogens (tertiary/aromatic N) is 5. The number of rotatable bonds is 6. The highest BCUT2D eigenvalue weighted by molar-refractivity contribution is 5.92. The fourth-order valence-corrected chi connectivity index (χ4v) is 3.19. The third-order valence-corrected chi connectivity index (χ3v) is 4.84. The Morgan fingerprint density at radius 3 is 2.65 bits per heavy atom. The monoisotopic (exact) mass is 424 g/mol. The van der Waals surface area contributed by atoms with Crippen molar-refractivity contribution in [3.63, 3.8) is 0 Å². The highest BCUT2D eigenvalue weighted by Gasteiger charge is 2.15. The summed E-state index contributed by atoms with van der Waals surface area (Å²) in [5.74, 6) is -0.0331. The summed E-state index contributed by atoms with van der Waals surface area (Å²) in [6, 6.07) is 10.5. The van der Waals surface area contributed by atoms with Gasteiger partial charge >= 0.3 is 0 Å². The third-order valence-electron chi connectivity index (χ3n) is 4.84. The van der Waals surface area contributed by atoms with E-state index in [1.807, 2.05) is 4.90 Å². The summed E-state index contributed by atoms with van der Waals surface area (Å²) in [4.78, 5) is 34.9.